The molecule has 5 N–H and O–H groups in total. The standard InChI is InChI=1S/C14H21FN2O3/c1-2-3-9(4-5-18)8-17-13-7-11(15)10(14(19)20)6-12(13)16/h6-7,9,17-18H,2-5,8,16H2,1H3,(H,19,20). The summed E-state index contributed by atoms with van der Waals surface area (Å²) in [5, 5.41) is 20.8. The number of carbonyl (C=O) groups is 1. The Morgan fingerprint density at radius 3 is 2.70 bits per heavy atom. The third kappa shape index (κ3) is 4.38. The molecule has 0 amide bonds. The van der Waals surface area contributed by atoms with Crippen LogP contribution >= 0.6 is 0 Å². The van der Waals surface area contributed by atoms with Crippen molar-refractivity contribution in [2.45, 2.75) is 26.2 Å². The molecule has 1 atom stereocenters. The smallest absolute Gasteiger partial charge is 0.338 e. The van der Waals surface area contributed by atoms with Gasteiger partial charge >= 0.3 is 5.97 Å². The van der Waals surface area contributed by atoms with Crippen molar-refractivity contribution in [2.75, 3.05) is 24.2 Å². The van der Waals surface area contributed by atoms with Crippen LogP contribution in [0.1, 0.15) is 36.5 Å². The highest BCUT2D eigenvalue weighted by Crippen LogP contribution is 2.24. The van der Waals surface area contributed by atoms with Crippen molar-refractivity contribution in [1.29, 1.82) is 0 Å². The number of benzene rings is 1. The van der Waals surface area contributed by atoms with Gasteiger partial charge in [0.25, 0.3) is 0 Å². The molecule has 0 spiro atoms. The van der Waals surface area contributed by atoms with Crippen LogP contribution < -0.4 is 11.1 Å². The number of aliphatic hydroxyl groups is 1. The van der Waals surface area contributed by atoms with E-state index in [0.29, 0.717) is 18.7 Å². The van der Waals surface area contributed by atoms with Gasteiger partial charge in [0.15, 0.2) is 0 Å². The molecule has 0 radical (unpaired) electrons. The number of halogens is 1. The zero-order valence-electron chi connectivity index (χ0n) is 11.5. The lowest BCUT2D eigenvalue weighted by molar-refractivity contribution is 0.0692. The summed E-state index contributed by atoms with van der Waals surface area (Å²) >= 11 is 0. The number of carboxylic acid groups (broad SMARTS) is 1. The average Bonchev–Trinajstić information content (AvgIpc) is 2.39. The fraction of sp³-hybridized carbons (Fsp3) is 0.500. The van der Waals surface area contributed by atoms with Crippen molar-refractivity contribution in [3.8, 4) is 0 Å². The number of aromatic carboxylic acids is 1. The summed E-state index contributed by atoms with van der Waals surface area (Å²) < 4.78 is 13.6. The van der Waals surface area contributed by atoms with Gasteiger partial charge in [0.2, 0.25) is 0 Å². The minimum atomic E-state index is -1.34. The number of rotatable bonds is 8. The van der Waals surface area contributed by atoms with Gasteiger partial charge in [-0.15, -0.1) is 0 Å². The Labute approximate surface area is 117 Å². The van der Waals surface area contributed by atoms with Crippen molar-refractivity contribution in [1.82, 2.24) is 0 Å². The van der Waals surface area contributed by atoms with Crippen LogP contribution in [-0.4, -0.2) is 29.3 Å². The molecule has 5 nitrogen and oxygen atoms in total. The maximum Gasteiger partial charge on any atom is 0.338 e. The highest BCUT2D eigenvalue weighted by molar-refractivity contribution is 5.90. The van der Waals surface area contributed by atoms with E-state index in [0.717, 1.165) is 25.0 Å². The molecular weight excluding hydrogens is 263 g/mol. The number of nitrogens with two attached hydrogens (primary N) is 1. The lowest BCUT2D eigenvalue weighted by Gasteiger charge is -2.18. The van der Waals surface area contributed by atoms with E-state index in [9.17, 15) is 9.18 Å². The van der Waals surface area contributed by atoms with Gasteiger partial charge < -0.3 is 21.3 Å². The Hall–Kier alpha value is -1.82. The topological polar surface area (TPSA) is 95.6 Å². The molecule has 1 aromatic rings. The minimum absolute atomic E-state index is 0.105. The van der Waals surface area contributed by atoms with Gasteiger partial charge in [0.1, 0.15) is 5.82 Å². The van der Waals surface area contributed by atoms with E-state index in [1.165, 1.54) is 0 Å². The second kappa shape index (κ2) is 7.69. The lowest BCUT2D eigenvalue weighted by atomic mass is 10.00. The molecule has 20 heavy (non-hydrogen) atoms. The third-order valence-electron chi connectivity index (χ3n) is 3.19. The van der Waals surface area contributed by atoms with Crippen molar-refractivity contribution in [3.63, 3.8) is 0 Å². The van der Waals surface area contributed by atoms with Crippen molar-refractivity contribution < 1.29 is 19.4 Å². The Morgan fingerprint density at radius 1 is 1.45 bits per heavy atom. The van der Waals surface area contributed by atoms with Gasteiger partial charge in [-0.25, -0.2) is 9.18 Å². The van der Waals surface area contributed by atoms with Crippen molar-refractivity contribution in [3.05, 3.63) is 23.5 Å². The summed E-state index contributed by atoms with van der Waals surface area (Å²) in [7, 11) is 0. The number of carboxylic acids is 1. The Kier molecular flexibility index (Phi) is 6.24. The number of aliphatic hydroxyl groups excluding tert-OH is 1. The molecule has 1 unspecified atom stereocenters. The maximum atomic E-state index is 13.6. The summed E-state index contributed by atoms with van der Waals surface area (Å²) in [6.07, 6.45) is 2.60. The van der Waals surface area contributed by atoms with Gasteiger partial charge in [-0.1, -0.05) is 13.3 Å². The predicted octanol–water partition coefficient (Wildman–Crippen LogP) is 2.32. The van der Waals surface area contributed by atoms with E-state index in [2.05, 4.69) is 12.2 Å². The van der Waals surface area contributed by atoms with Gasteiger partial charge in [0.05, 0.1) is 16.9 Å². The van der Waals surface area contributed by atoms with Gasteiger partial charge in [0, 0.05) is 13.2 Å². The molecule has 0 heterocycles. The first-order valence-corrected chi connectivity index (χ1v) is 6.66. The molecule has 0 saturated carbocycles. The summed E-state index contributed by atoms with van der Waals surface area (Å²) in [6.45, 7) is 2.72. The first-order valence-electron chi connectivity index (χ1n) is 6.66. The molecule has 0 aliphatic heterocycles. The molecule has 0 aliphatic carbocycles. The summed E-state index contributed by atoms with van der Waals surface area (Å²) in [6, 6.07) is 2.21. The molecule has 0 aliphatic rings. The van der Waals surface area contributed by atoms with E-state index >= 15 is 0 Å². The first kappa shape index (κ1) is 16.2. The van der Waals surface area contributed by atoms with E-state index in [1.54, 1.807) is 0 Å². The van der Waals surface area contributed by atoms with Crippen LogP contribution in [0.5, 0.6) is 0 Å². The molecule has 1 aromatic carbocycles. The fourth-order valence-electron chi connectivity index (χ4n) is 2.10. The van der Waals surface area contributed by atoms with E-state index in [4.69, 9.17) is 15.9 Å². The average molecular weight is 284 g/mol. The van der Waals surface area contributed by atoms with Crippen LogP contribution in [-0.2, 0) is 0 Å². The zero-order valence-corrected chi connectivity index (χ0v) is 11.5. The Bertz CT molecular complexity index is 460. The minimum Gasteiger partial charge on any atom is -0.478 e. The third-order valence-corrected chi connectivity index (χ3v) is 3.19. The van der Waals surface area contributed by atoms with Gasteiger partial charge in [-0.3, -0.25) is 0 Å². The molecule has 0 bridgehead atoms. The molecular formula is C14H21FN2O3. The number of nitrogen functional groups attached to an aromatic ring is 1. The highest BCUT2D eigenvalue weighted by atomic mass is 19.1. The van der Waals surface area contributed by atoms with E-state index in [-0.39, 0.29) is 18.2 Å². The number of hydrogen-bond acceptors (Lipinski definition) is 4. The predicted molar refractivity (Wildman–Crippen MR) is 76.4 cm³/mol. The monoisotopic (exact) mass is 284 g/mol. The van der Waals surface area contributed by atoms with Gasteiger partial charge in [-0.05, 0) is 30.9 Å². The van der Waals surface area contributed by atoms with Crippen LogP contribution in [0.4, 0.5) is 15.8 Å². The number of nitrogens with one attached hydrogen (secondary N) is 1. The maximum absolute atomic E-state index is 13.6. The second-order valence-electron chi connectivity index (χ2n) is 4.77. The zero-order chi connectivity index (χ0) is 15.1. The number of hydrogen-bond donors (Lipinski definition) is 4. The van der Waals surface area contributed by atoms with Crippen molar-refractivity contribution >= 4 is 17.3 Å². The largest absolute Gasteiger partial charge is 0.478 e. The summed E-state index contributed by atoms with van der Waals surface area (Å²) in [4.78, 5) is 10.8. The lowest BCUT2D eigenvalue weighted by Crippen LogP contribution is -2.17. The number of anilines is 2. The normalized spacial score (nSPS) is 12.2. The van der Waals surface area contributed by atoms with Crippen LogP contribution in [0.15, 0.2) is 12.1 Å². The SMILES string of the molecule is CCCC(CCO)CNc1cc(F)c(C(=O)O)cc1N. The van der Waals surface area contributed by atoms with Crippen molar-refractivity contribution in [2.24, 2.45) is 5.92 Å². The first-order chi connectivity index (χ1) is 9.49. The Morgan fingerprint density at radius 2 is 2.15 bits per heavy atom. The van der Waals surface area contributed by atoms with Crippen LogP contribution in [0.25, 0.3) is 0 Å². The van der Waals surface area contributed by atoms with E-state index < -0.39 is 17.3 Å². The van der Waals surface area contributed by atoms with E-state index in [1.807, 2.05) is 0 Å². The molecule has 0 aromatic heterocycles. The molecule has 112 valence electrons. The summed E-state index contributed by atoms with van der Waals surface area (Å²) in [5.74, 6) is -1.89. The summed E-state index contributed by atoms with van der Waals surface area (Å²) in [5.41, 5.74) is 5.86. The quantitative estimate of drug-likeness (QED) is 0.549. The van der Waals surface area contributed by atoms with Crippen LogP contribution in [0, 0.1) is 11.7 Å². The molecule has 0 fully saturated rings. The van der Waals surface area contributed by atoms with Crippen LogP contribution in [0.3, 0.4) is 0 Å². The fourth-order valence-corrected chi connectivity index (χ4v) is 2.10. The molecule has 6 heteroatoms. The molecule has 0 saturated heterocycles. The highest BCUT2D eigenvalue weighted by Gasteiger charge is 2.14. The second-order valence-corrected chi connectivity index (χ2v) is 4.77. The van der Waals surface area contributed by atoms with Gasteiger partial charge in [-0.2, -0.15) is 0 Å². The Balaban J connectivity index is 2.77. The van der Waals surface area contributed by atoms with Crippen LogP contribution in [0.2, 0.25) is 0 Å². The molecule has 1 rings (SSSR count).